The first kappa shape index (κ1) is 21.7. The Morgan fingerprint density at radius 1 is 1.19 bits per heavy atom. The summed E-state index contributed by atoms with van der Waals surface area (Å²) >= 11 is 1.29. The average Bonchev–Trinajstić information content (AvgIpc) is 3.43. The summed E-state index contributed by atoms with van der Waals surface area (Å²) < 4.78 is 25.2. The van der Waals surface area contributed by atoms with E-state index >= 15 is 0 Å². The predicted molar refractivity (Wildman–Crippen MR) is 122 cm³/mol. The first-order valence-corrected chi connectivity index (χ1v) is 12.3. The Bertz CT molecular complexity index is 1300. The maximum absolute atomic E-state index is 13.1. The van der Waals surface area contributed by atoms with Crippen LogP contribution in [0.4, 0.5) is 11.4 Å². The number of nitrogens with one attached hydrogen (secondary N) is 1. The molecule has 164 valence electrons. The molecule has 9 nitrogen and oxygen atoms in total. The van der Waals surface area contributed by atoms with Crippen molar-refractivity contribution in [3.05, 3.63) is 92.2 Å². The quantitative estimate of drug-likeness (QED) is 0.431. The van der Waals surface area contributed by atoms with Gasteiger partial charge in [-0.05, 0) is 34.7 Å². The van der Waals surface area contributed by atoms with Gasteiger partial charge >= 0.3 is 0 Å². The van der Waals surface area contributed by atoms with E-state index in [9.17, 15) is 23.3 Å². The van der Waals surface area contributed by atoms with E-state index in [4.69, 9.17) is 0 Å². The van der Waals surface area contributed by atoms with Gasteiger partial charge in [-0.3, -0.25) is 19.6 Å². The van der Waals surface area contributed by atoms with Gasteiger partial charge in [0.25, 0.3) is 11.6 Å². The first-order valence-electron chi connectivity index (χ1n) is 9.48. The Labute approximate surface area is 188 Å². The SMILES string of the molecule is CS(=O)(=O)Nc1ccc(C2=NN(C(=O)c3cccs3)[C@@H](c3cccc([N+](=O)[O-])c3)C2)cc1. The highest BCUT2D eigenvalue weighted by Crippen LogP contribution is 2.36. The fraction of sp³-hybridized carbons (Fsp3) is 0.143. The summed E-state index contributed by atoms with van der Waals surface area (Å²) in [5, 5.41) is 18.9. The Morgan fingerprint density at radius 2 is 1.94 bits per heavy atom. The third-order valence-electron chi connectivity index (χ3n) is 4.84. The molecule has 0 unspecified atom stereocenters. The van der Waals surface area contributed by atoms with Crippen LogP contribution in [0.25, 0.3) is 0 Å². The largest absolute Gasteiger partial charge is 0.284 e. The summed E-state index contributed by atoms with van der Waals surface area (Å²) in [5.74, 6) is -0.290. The molecule has 32 heavy (non-hydrogen) atoms. The van der Waals surface area contributed by atoms with Gasteiger partial charge in [-0.1, -0.05) is 30.3 Å². The third-order valence-corrected chi connectivity index (χ3v) is 6.30. The van der Waals surface area contributed by atoms with Gasteiger partial charge in [0.05, 0.1) is 27.8 Å². The monoisotopic (exact) mass is 470 g/mol. The number of hydrogen-bond donors (Lipinski definition) is 1. The van der Waals surface area contributed by atoms with Gasteiger partial charge in [0.1, 0.15) is 0 Å². The van der Waals surface area contributed by atoms with Gasteiger partial charge in [0.15, 0.2) is 0 Å². The van der Waals surface area contributed by atoms with Gasteiger partial charge in [-0.2, -0.15) is 5.10 Å². The number of non-ortho nitro benzene ring substituents is 1. The van der Waals surface area contributed by atoms with Gasteiger partial charge in [-0.15, -0.1) is 11.3 Å². The number of carbonyl (C=O) groups excluding carboxylic acids is 1. The molecular formula is C21H18N4O5S2. The second-order valence-corrected chi connectivity index (χ2v) is 9.89. The first-order chi connectivity index (χ1) is 15.2. The number of nitrogens with zero attached hydrogens (tertiary/aromatic N) is 3. The molecule has 1 aliphatic rings. The van der Waals surface area contributed by atoms with Crippen molar-refractivity contribution in [2.45, 2.75) is 12.5 Å². The van der Waals surface area contributed by atoms with Crippen molar-refractivity contribution in [3.63, 3.8) is 0 Å². The summed E-state index contributed by atoms with van der Waals surface area (Å²) in [7, 11) is -3.40. The summed E-state index contributed by atoms with van der Waals surface area (Å²) in [5.41, 5.74) is 2.31. The van der Waals surface area contributed by atoms with Crippen LogP contribution >= 0.6 is 11.3 Å². The van der Waals surface area contributed by atoms with E-state index in [0.29, 0.717) is 28.3 Å². The van der Waals surface area contributed by atoms with Crippen LogP contribution in [0.5, 0.6) is 0 Å². The van der Waals surface area contributed by atoms with Crippen LogP contribution in [0.3, 0.4) is 0 Å². The predicted octanol–water partition coefficient (Wildman–Crippen LogP) is 4.02. The fourth-order valence-electron chi connectivity index (χ4n) is 3.44. The smallest absolute Gasteiger partial charge is 0.284 e. The van der Waals surface area contributed by atoms with Gasteiger partial charge in [0, 0.05) is 24.2 Å². The number of rotatable bonds is 6. The maximum atomic E-state index is 13.1. The van der Waals surface area contributed by atoms with E-state index in [-0.39, 0.29) is 11.6 Å². The zero-order chi connectivity index (χ0) is 22.9. The van der Waals surface area contributed by atoms with Crippen LogP contribution in [0.2, 0.25) is 0 Å². The Balaban J connectivity index is 1.68. The molecule has 2 heterocycles. The summed E-state index contributed by atoms with van der Waals surface area (Å²) in [4.78, 5) is 24.4. The summed E-state index contributed by atoms with van der Waals surface area (Å²) in [6.45, 7) is 0. The molecule has 11 heteroatoms. The standard InChI is InChI=1S/C21H18N4O5S2/c1-32(29,30)23-16-9-7-14(8-10-16)18-13-19(15-4-2-5-17(12-15)25(27)28)24(22-18)21(26)20-6-3-11-31-20/h2-12,19,23H,13H2,1H3/t19-/m1/s1. The molecule has 4 rings (SSSR count). The number of hydrazone groups is 1. The van der Waals surface area contributed by atoms with Crippen molar-refractivity contribution >= 4 is 44.4 Å². The van der Waals surface area contributed by atoms with E-state index < -0.39 is 21.0 Å². The van der Waals surface area contributed by atoms with Crippen LogP contribution in [-0.4, -0.2) is 36.2 Å². The zero-order valence-corrected chi connectivity index (χ0v) is 18.5. The topological polar surface area (TPSA) is 122 Å². The fourth-order valence-corrected chi connectivity index (χ4v) is 4.65. The minimum absolute atomic E-state index is 0.0596. The number of anilines is 1. The van der Waals surface area contributed by atoms with E-state index in [0.717, 1.165) is 11.8 Å². The van der Waals surface area contributed by atoms with Crippen molar-refractivity contribution in [1.29, 1.82) is 0 Å². The molecule has 0 saturated heterocycles. The van der Waals surface area contributed by atoms with Crippen LogP contribution < -0.4 is 4.72 Å². The Hall–Kier alpha value is -3.57. The number of hydrogen-bond acceptors (Lipinski definition) is 7. The van der Waals surface area contributed by atoms with Crippen molar-refractivity contribution in [2.75, 3.05) is 11.0 Å². The van der Waals surface area contributed by atoms with Crippen LogP contribution in [0.15, 0.2) is 71.1 Å². The van der Waals surface area contributed by atoms with Crippen molar-refractivity contribution in [1.82, 2.24) is 5.01 Å². The van der Waals surface area contributed by atoms with Gasteiger partial charge in [0.2, 0.25) is 10.0 Å². The highest BCUT2D eigenvalue weighted by Gasteiger charge is 2.34. The van der Waals surface area contributed by atoms with Crippen LogP contribution in [0, 0.1) is 10.1 Å². The van der Waals surface area contributed by atoms with Crippen molar-refractivity contribution in [3.8, 4) is 0 Å². The maximum Gasteiger partial charge on any atom is 0.284 e. The molecule has 3 aromatic rings. The Kier molecular flexibility index (Phi) is 5.76. The van der Waals surface area contributed by atoms with Crippen molar-refractivity contribution < 1.29 is 18.1 Å². The van der Waals surface area contributed by atoms with Crippen LogP contribution in [0.1, 0.15) is 33.3 Å². The van der Waals surface area contributed by atoms with E-state index in [1.54, 1.807) is 53.9 Å². The van der Waals surface area contributed by atoms with Gasteiger partial charge in [-0.25, -0.2) is 13.4 Å². The molecule has 0 spiro atoms. The second kappa shape index (κ2) is 8.52. The Morgan fingerprint density at radius 3 is 2.56 bits per heavy atom. The highest BCUT2D eigenvalue weighted by atomic mass is 32.2. The van der Waals surface area contributed by atoms with Gasteiger partial charge < -0.3 is 0 Å². The molecule has 1 amide bonds. The molecule has 1 aromatic heterocycles. The normalized spacial score (nSPS) is 16.0. The second-order valence-electron chi connectivity index (χ2n) is 7.20. The number of carbonyl (C=O) groups is 1. The lowest BCUT2D eigenvalue weighted by atomic mass is 9.98. The molecule has 1 atom stereocenters. The zero-order valence-electron chi connectivity index (χ0n) is 16.8. The minimum Gasteiger partial charge on any atom is -0.284 e. The lowest BCUT2D eigenvalue weighted by Crippen LogP contribution is -2.26. The molecule has 2 aromatic carbocycles. The lowest BCUT2D eigenvalue weighted by Gasteiger charge is -2.21. The van der Waals surface area contributed by atoms with E-state index in [1.165, 1.54) is 28.5 Å². The molecule has 1 aliphatic heterocycles. The number of benzene rings is 2. The number of nitro groups is 1. The van der Waals surface area contributed by atoms with Crippen LogP contribution in [-0.2, 0) is 10.0 Å². The molecule has 1 N–H and O–H groups in total. The van der Waals surface area contributed by atoms with E-state index in [1.807, 2.05) is 0 Å². The van der Waals surface area contributed by atoms with Crippen molar-refractivity contribution in [2.24, 2.45) is 5.10 Å². The molecular weight excluding hydrogens is 452 g/mol. The number of nitro benzene ring substituents is 1. The molecule has 0 saturated carbocycles. The summed E-state index contributed by atoms with van der Waals surface area (Å²) in [6, 6.07) is 15.8. The molecule has 0 radical (unpaired) electrons. The average molecular weight is 471 g/mol. The molecule has 0 fully saturated rings. The molecule has 0 bridgehead atoms. The number of thiophene rings is 1. The lowest BCUT2D eigenvalue weighted by molar-refractivity contribution is -0.384. The minimum atomic E-state index is -3.40. The number of amides is 1. The summed E-state index contributed by atoms with van der Waals surface area (Å²) in [6.07, 6.45) is 1.43. The third kappa shape index (κ3) is 4.68. The van der Waals surface area contributed by atoms with E-state index in [2.05, 4.69) is 9.82 Å². The molecule has 0 aliphatic carbocycles. The number of sulfonamides is 1. The highest BCUT2D eigenvalue weighted by molar-refractivity contribution is 7.92.